The third-order valence-electron chi connectivity index (χ3n) is 3.40. The third-order valence-corrected chi connectivity index (χ3v) is 3.40. The van der Waals surface area contributed by atoms with Gasteiger partial charge >= 0.3 is 0 Å². The van der Waals surface area contributed by atoms with Gasteiger partial charge in [0.05, 0.1) is 7.11 Å². The number of nitrogens with zero attached hydrogens (tertiary/aromatic N) is 1. The molecule has 18 heavy (non-hydrogen) atoms. The lowest BCUT2D eigenvalue weighted by molar-refractivity contribution is 0.408. The fourth-order valence-corrected chi connectivity index (χ4v) is 2.23. The van der Waals surface area contributed by atoms with Crippen molar-refractivity contribution >= 4 is 5.69 Å². The van der Waals surface area contributed by atoms with E-state index in [0.717, 1.165) is 12.3 Å². The molecule has 0 fully saturated rings. The Morgan fingerprint density at radius 3 is 2.11 bits per heavy atom. The van der Waals surface area contributed by atoms with Crippen molar-refractivity contribution in [1.82, 2.24) is 5.32 Å². The van der Waals surface area contributed by atoms with Gasteiger partial charge in [-0.2, -0.15) is 0 Å². The van der Waals surface area contributed by atoms with Crippen LogP contribution in [-0.2, 0) is 0 Å². The van der Waals surface area contributed by atoms with Crippen molar-refractivity contribution in [3.8, 4) is 5.75 Å². The Kier molecular flexibility index (Phi) is 4.63. The van der Waals surface area contributed by atoms with Crippen LogP contribution in [0.25, 0.3) is 0 Å². The van der Waals surface area contributed by atoms with Crippen LogP contribution in [0.5, 0.6) is 5.75 Å². The largest absolute Gasteiger partial charge is 0.496 e. The number of ether oxygens (including phenoxy) is 1. The number of benzene rings is 1. The average Bonchev–Trinajstić information content (AvgIpc) is 2.28. The second-order valence-electron chi connectivity index (χ2n) is 5.60. The van der Waals surface area contributed by atoms with Crippen molar-refractivity contribution in [2.45, 2.75) is 33.2 Å². The minimum atomic E-state index is 0.0937. The molecule has 1 rings (SSSR count). The summed E-state index contributed by atoms with van der Waals surface area (Å²) in [5, 5.41) is 3.33. The number of methoxy groups -OCH3 is 1. The van der Waals surface area contributed by atoms with Crippen LogP contribution in [0.3, 0.4) is 0 Å². The lowest BCUT2D eigenvalue weighted by Crippen LogP contribution is -2.46. The third kappa shape index (κ3) is 3.39. The summed E-state index contributed by atoms with van der Waals surface area (Å²) >= 11 is 0. The molecule has 0 aliphatic heterocycles. The van der Waals surface area contributed by atoms with Crippen LogP contribution in [0.4, 0.5) is 5.69 Å². The molecule has 0 saturated heterocycles. The van der Waals surface area contributed by atoms with E-state index in [1.807, 2.05) is 7.05 Å². The van der Waals surface area contributed by atoms with E-state index < -0.39 is 0 Å². The van der Waals surface area contributed by atoms with Crippen molar-refractivity contribution in [3.05, 3.63) is 23.3 Å². The van der Waals surface area contributed by atoms with E-state index >= 15 is 0 Å². The zero-order valence-corrected chi connectivity index (χ0v) is 12.7. The van der Waals surface area contributed by atoms with Gasteiger partial charge < -0.3 is 15.0 Å². The lowest BCUT2D eigenvalue weighted by atomic mass is 10.0. The maximum Gasteiger partial charge on any atom is 0.124 e. The molecule has 0 bridgehead atoms. The molecule has 0 aliphatic carbocycles. The molecule has 0 atom stereocenters. The van der Waals surface area contributed by atoms with Gasteiger partial charge in [0.15, 0.2) is 0 Å². The van der Waals surface area contributed by atoms with Gasteiger partial charge in [-0.05, 0) is 58.0 Å². The monoisotopic (exact) mass is 250 g/mol. The van der Waals surface area contributed by atoms with E-state index in [1.165, 1.54) is 16.8 Å². The fourth-order valence-electron chi connectivity index (χ4n) is 2.23. The molecular formula is C15H26N2O. The van der Waals surface area contributed by atoms with Gasteiger partial charge in [0.25, 0.3) is 0 Å². The summed E-state index contributed by atoms with van der Waals surface area (Å²) in [6, 6.07) is 4.36. The number of likely N-dealkylation sites (N-methyl/N-ethyl adjacent to an activating group) is 2. The molecule has 0 saturated carbocycles. The Morgan fingerprint density at radius 1 is 1.22 bits per heavy atom. The highest BCUT2D eigenvalue weighted by molar-refractivity contribution is 5.56. The van der Waals surface area contributed by atoms with Gasteiger partial charge in [-0.25, -0.2) is 0 Å². The maximum atomic E-state index is 5.40. The Balaban J connectivity index is 2.97. The standard InChI is InChI=1S/C15H26N2O/c1-11-8-13(9-12(2)14(11)18-7)17(6)10-15(3,4)16-5/h8-9,16H,10H2,1-7H3. The van der Waals surface area contributed by atoms with E-state index in [-0.39, 0.29) is 5.54 Å². The van der Waals surface area contributed by atoms with Gasteiger partial charge in [-0.1, -0.05) is 0 Å². The Morgan fingerprint density at radius 2 is 1.72 bits per heavy atom. The quantitative estimate of drug-likeness (QED) is 0.869. The fraction of sp³-hybridized carbons (Fsp3) is 0.600. The highest BCUT2D eigenvalue weighted by Gasteiger charge is 2.18. The van der Waals surface area contributed by atoms with Crippen molar-refractivity contribution in [2.75, 3.05) is 32.6 Å². The van der Waals surface area contributed by atoms with Crippen LogP contribution < -0.4 is 15.0 Å². The smallest absolute Gasteiger partial charge is 0.124 e. The zero-order chi connectivity index (χ0) is 13.9. The Labute approximate surface area is 111 Å². The van der Waals surface area contributed by atoms with E-state index in [0.29, 0.717) is 0 Å². The number of nitrogens with one attached hydrogen (secondary N) is 1. The number of hydrogen-bond donors (Lipinski definition) is 1. The van der Waals surface area contributed by atoms with Crippen molar-refractivity contribution in [2.24, 2.45) is 0 Å². The van der Waals surface area contributed by atoms with Crippen molar-refractivity contribution in [3.63, 3.8) is 0 Å². The number of anilines is 1. The SMILES string of the molecule is CNC(C)(C)CN(C)c1cc(C)c(OC)c(C)c1. The van der Waals surface area contributed by atoms with Crippen LogP contribution in [0.15, 0.2) is 12.1 Å². The van der Waals surface area contributed by atoms with E-state index in [4.69, 9.17) is 4.74 Å². The minimum absolute atomic E-state index is 0.0937. The number of hydrogen-bond acceptors (Lipinski definition) is 3. The zero-order valence-electron chi connectivity index (χ0n) is 12.7. The van der Waals surface area contributed by atoms with Crippen LogP contribution in [0.1, 0.15) is 25.0 Å². The maximum absolute atomic E-state index is 5.40. The molecule has 0 aliphatic rings. The molecule has 0 amide bonds. The number of aryl methyl sites for hydroxylation is 2. The first kappa shape index (κ1) is 14.8. The summed E-state index contributed by atoms with van der Waals surface area (Å²) < 4.78 is 5.40. The van der Waals surface area contributed by atoms with E-state index in [9.17, 15) is 0 Å². The van der Waals surface area contributed by atoms with Crippen LogP contribution >= 0.6 is 0 Å². The minimum Gasteiger partial charge on any atom is -0.496 e. The number of rotatable bonds is 5. The molecule has 102 valence electrons. The molecule has 1 aromatic carbocycles. The summed E-state index contributed by atoms with van der Waals surface area (Å²) in [7, 11) is 5.85. The first-order valence-electron chi connectivity index (χ1n) is 6.36. The second-order valence-corrected chi connectivity index (χ2v) is 5.60. The molecule has 3 nitrogen and oxygen atoms in total. The van der Waals surface area contributed by atoms with Gasteiger partial charge in [0, 0.05) is 24.8 Å². The first-order chi connectivity index (χ1) is 8.30. The second kappa shape index (κ2) is 5.61. The summed E-state index contributed by atoms with van der Waals surface area (Å²) in [6.45, 7) is 9.53. The van der Waals surface area contributed by atoms with Crippen LogP contribution in [-0.4, -0.2) is 33.3 Å². The Bertz CT molecular complexity index is 390. The molecule has 0 spiro atoms. The lowest BCUT2D eigenvalue weighted by Gasteiger charge is -2.32. The summed E-state index contributed by atoms with van der Waals surface area (Å²) in [5.74, 6) is 0.986. The summed E-state index contributed by atoms with van der Waals surface area (Å²) in [4.78, 5) is 2.27. The Hall–Kier alpha value is -1.22. The average molecular weight is 250 g/mol. The topological polar surface area (TPSA) is 24.5 Å². The van der Waals surface area contributed by atoms with Gasteiger partial charge in [-0.15, -0.1) is 0 Å². The predicted octanol–water partition coefficient (Wildman–Crippen LogP) is 2.75. The van der Waals surface area contributed by atoms with Crippen LogP contribution in [0.2, 0.25) is 0 Å². The van der Waals surface area contributed by atoms with Gasteiger partial charge in [0.2, 0.25) is 0 Å². The van der Waals surface area contributed by atoms with Crippen molar-refractivity contribution < 1.29 is 4.74 Å². The van der Waals surface area contributed by atoms with Crippen molar-refractivity contribution in [1.29, 1.82) is 0 Å². The molecule has 1 aromatic rings. The molecular weight excluding hydrogens is 224 g/mol. The summed E-state index contributed by atoms with van der Waals surface area (Å²) in [5.41, 5.74) is 3.69. The molecule has 1 N–H and O–H groups in total. The highest BCUT2D eigenvalue weighted by atomic mass is 16.5. The molecule has 0 aromatic heterocycles. The van der Waals surface area contributed by atoms with Gasteiger partial charge in [0.1, 0.15) is 5.75 Å². The van der Waals surface area contributed by atoms with E-state index in [1.54, 1.807) is 7.11 Å². The summed E-state index contributed by atoms with van der Waals surface area (Å²) in [6.07, 6.45) is 0. The molecule has 0 radical (unpaired) electrons. The van der Waals surface area contributed by atoms with Gasteiger partial charge in [-0.3, -0.25) is 0 Å². The highest BCUT2D eigenvalue weighted by Crippen LogP contribution is 2.28. The predicted molar refractivity (Wildman–Crippen MR) is 78.9 cm³/mol. The molecule has 3 heteroatoms. The molecule has 0 heterocycles. The normalized spacial score (nSPS) is 11.5. The van der Waals surface area contributed by atoms with E-state index in [2.05, 4.69) is 57.1 Å². The molecule has 0 unspecified atom stereocenters. The van der Waals surface area contributed by atoms with Crippen LogP contribution in [0, 0.1) is 13.8 Å². The first-order valence-corrected chi connectivity index (χ1v) is 6.36.